The summed E-state index contributed by atoms with van der Waals surface area (Å²) in [6, 6.07) is 1.93. The Kier molecular flexibility index (Phi) is 6.04. The van der Waals surface area contributed by atoms with Gasteiger partial charge in [-0.2, -0.15) is 5.10 Å². The van der Waals surface area contributed by atoms with Gasteiger partial charge >= 0.3 is 0 Å². The molecule has 136 valence electrons. The third-order valence-electron chi connectivity index (χ3n) is 4.19. The summed E-state index contributed by atoms with van der Waals surface area (Å²) in [7, 11) is 0. The van der Waals surface area contributed by atoms with Crippen LogP contribution in [0.2, 0.25) is 0 Å². The second-order valence-corrected chi connectivity index (χ2v) is 8.27. The second-order valence-electron chi connectivity index (χ2n) is 8.27. The molecule has 1 aromatic rings. The smallest absolute Gasteiger partial charge is 0.239 e. The molecule has 1 amide bonds. The van der Waals surface area contributed by atoms with Gasteiger partial charge in [-0.15, -0.1) is 0 Å². The van der Waals surface area contributed by atoms with Crippen molar-refractivity contribution in [2.75, 3.05) is 44.6 Å². The zero-order valence-corrected chi connectivity index (χ0v) is 16.1. The monoisotopic (exact) mass is 335 g/mol. The van der Waals surface area contributed by atoms with Crippen LogP contribution in [0.4, 0.5) is 5.82 Å². The number of aromatic nitrogens is 2. The van der Waals surface area contributed by atoms with Crippen molar-refractivity contribution in [3.8, 4) is 0 Å². The number of aryl methyl sites for hydroxylation is 1. The van der Waals surface area contributed by atoms with Gasteiger partial charge in [0.15, 0.2) is 0 Å². The number of hydrogen-bond acceptors (Lipinski definition) is 4. The van der Waals surface area contributed by atoms with Crippen LogP contribution < -0.4 is 5.32 Å². The Morgan fingerprint density at radius 1 is 1.21 bits per heavy atom. The van der Waals surface area contributed by atoms with Crippen LogP contribution >= 0.6 is 0 Å². The molecule has 0 aliphatic carbocycles. The molecule has 0 atom stereocenters. The van der Waals surface area contributed by atoms with Crippen molar-refractivity contribution in [1.82, 2.24) is 19.6 Å². The SMILES string of the molecule is Cc1cc(NC(=O)CN2CCN(CC(C)C)CC2)n(C(C)(C)C)n1. The van der Waals surface area contributed by atoms with E-state index in [4.69, 9.17) is 0 Å². The van der Waals surface area contributed by atoms with Crippen LogP contribution in [0.1, 0.15) is 40.3 Å². The Balaban J connectivity index is 1.87. The molecule has 1 aromatic heterocycles. The maximum atomic E-state index is 12.4. The van der Waals surface area contributed by atoms with Gasteiger partial charge in [0.25, 0.3) is 0 Å². The van der Waals surface area contributed by atoms with Crippen LogP contribution in [0.25, 0.3) is 0 Å². The summed E-state index contributed by atoms with van der Waals surface area (Å²) >= 11 is 0. The molecule has 24 heavy (non-hydrogen) atoms. The highest BCUT2D eigenvalue weighted by Gasteiger charge is 2.22. The van der Waals surface area contributed by atoms with Crippen molar-refractivity contribution in [1.29, 1.82) is 0 Å². The average Bonchev–Trinajstić information content (AvgIpc) is 2.81. The predicted molar refractivity (Wildman–Crippen MR) is 98.3 cm³/mol. The number of rotatable bonds is 5. The molecule has 0 spiro atoms. The van der Waals surface area contributed by atoms with Gasteiger partial charge < -0.3 is 10.2 Å². The van der Waals surface area contributed by atoms with E-state index in [9.17, 15) is 4.79 Å². The summed E-state index contributed by atoms with van der Waals surface area (Å²) in [6.45, 7) is 18.3. The average molecular weight is 335 g/mol. The van der Waals surface area contributed by atoms with E-state index in [1.807, 2.05) is 17.7 Å². The molecule has 1 fully saturated rings. The number of nitrogens with one attached hydrogen (secondary N) is 1. The predicted octanol–water partition coefficient (Wildman–Crippen LogP) is 2.16. The van der Waals surface area contributed by atoms with E-state index in [0.717, 1.165) is 44.2 Å². The molecule has 0 radical (unpaired) electrons. The number of nitrogens with zero attached hydrogens (tertiary/aromatic N) is 4. The summed E-state index contributed by atoms with van der Waals surface area (Å²) in [4.78, 5) is 17.1. The molecule has 1 aliphatic heterocycles. The number of piperazine rings is 1. The van der Waals surface area contributed by atoms with Crippen LogP contribution in [0.15, 0.2) is 6.07 Å². The highest BCUT2D eigenvalue weighted by Crippen LogP contribution is 2.21. The summed E-state index contributed by atoms with van der Waals surface area (Å²) in [5, 5.41) is 7.54. The molecule has 6 heteroatoms. The molecule has 1 aliphatic rings. The van der Waals surface area contributed by atoms with E-state index < -0.39 is 0 Å². The van der Waals surface area contributed by atoms with Gasteiger partial charge in [-0.25, -0.2) is 4.68 Å². The van der Waals surface area contributed by atoms with Gasteiger partial charge in [0.1, 0.15) is 5.82 Å². The molecular weight excluding hydrogens is 302 g/mol. The van der Waals surface area contributed by atoms with Crippen molar-refractivity contribution in [3.05, 3.63) is 11.8 Å². The topological polar surface area (TPSA) is 53.4 Å². The number of hydrogen-bond donors (Lipinski definition) is 1. The molecule has 1 N–H and O–H groups in total. The lowest BCUT2D eigenvalue weighted by molar-refractivity contribution is -0.117. The van der Waals surface area contributed by atoms with Crippen molar-refractivity contribution < 1.29 is 4.79 Å². The van der Waals surface area contributed by atoms with E-state index in [2.05, 4.69) is 54.8 Å². The van der Waals surface area contributed by atoms with E-state index in [1.165, 1.54) is 0 Å². The van der Waals surface area contributed by atoms with Gasteiger partial charge in [0, 0.05) is 38.8 Å². The summed E-state index contributed by atoms with van der Waals surface area (Å²) in [5.41, 5.74) is 0.766. The minimum atomic E-state index is -0.153. The molecule has 1 saturated heterocycles. The molecule has 6 nitrogen and oxygen atoms in total. The van der Waals surface area contributed by atoms with E-state index >= 15 is 0 Å². The standard InChI is InChI=1S/C18H33N5O/c1-14(2)12-21-7-9-22(10-8-21)13-17(24)19-16-11-15(3)20-23(16)18(4,5)6/h11,14H,7-10,12-13H2,1-6H3,(H,19,24). The maximum absolute atomic E-state index is 12.4. The number of carbonyl (C=O) groups is 1. The Labute approximate surface area is 146 Å². The quantitative estimate of drug-likeness (QED) is 0.896. The molecular formula is C18H33N5O. The van der Waals surface area contributed by atoms with Crippen LogP contribution in [0.5, 0.6) is 0 Å². The lowest BCUT2D eigenvalue weighted by Crippen LogP contribution is -2.49. The molecule has 2 heterocycles. The van der Waals surface area contributed by atoms with E-state index in [0.29, 0.717) is 12.5 Å². The van der Waals surface area contributed by atoms with Gasteiger partial charge in [-0.05, 0) is 33.6 Å². The molecule has 0 aromatic carbocycles. The largest absolute Gasteiger partial charge is 0.310 e. The molecule has 0 saturated carbocycles. The van der Waals surface area contributed by atoms with Crippen LogP contribution in [0.3, 0.4) is 0 Å². The fraction of sp³-hybridized carbons (Fsp3) is 0.778. The first kappa shape index (κ1) is 18.9. The van der Waals surface area contributed by atoms with E-state index in [-0.39, 0.29) is 11.4 Å². The third kappa shape index (κ3) is 5.31. The van der Waals surface area contributed by atoms with Gasteiger partial charge in [-0.1, -0.05) is 13.8 Å². The molecule has 2 rings (SSSR count). The van der Waals surface area contributed by atoms with Crippen molar-refractivity contribution >= 4 is 11.7 Å². The number of amides is 1. The second kappa shape index (κ2) is 7.66. The first-order valence-electron chi connectivity index (χ1n) is 8.97. The zero-order valence-electron chi connectivity index (χ0n) is 16.1. The summed E-state index contributed by atoms with van der Waals surface area (Å²) in [6.07, 6.45) is 0. The van der Waals surface area contributed by atoms with E-state index in [1.54, 1.807) is 0 Å². The Hall–Kier alpha value is -1.40. The lowest BCUT2D eigenvalue weighted by atomic mass is 10.1. The van der Waals surface area contributed by atoms with Gasteiger partial charge in [0.05, 0.1) is 17.8 Å². The first-order chi connectivity index (χ1) is 11.1. The van der Waals surface area contributed by atoms with Crippen molar-refractivity contribution in [3.63, 3.8) is 0 Å². The lowest BCUT2D eigenvalue weighted by Gasteiger charge is -2.35. The minimum absolute atomic E-state index is 0.0395. The normalized spacial score (nSPS) is 17.5. The Morgan fingerprint density at radius 2 is 1.79 bits per heavy atom. The zero-order chi connectivity index (χ0) is 17.9. The van der Waals surface area contributed by atoms with Crippen LogP contribution in [-0.2, 0) is 10.3 Å². The molecule has 0 bridgehead atoms. The third-order valence-corrected chi connectivity index (χ3v) is 4.19. The van der Waals surface area contributed by atoms with Crippen molar-refractivity contribution in [2.45, 2.75) is 47.1 Å². The summed E-state index contributed by atoms with van der Waals surface area (Å²) < 4.78 is 1.89. The fourth-order valence-corrected chi connectivity index (χ4v) is 3.13. The Bertz CT molecular complexity index is 550. The van der Waals surface area contributed by atoms with Crippen molar-refractivity contribution in [2.24, 2.45) is 5.92 Å². The highest BCUT2D eigenvalue weighted by atomic mass is 16.2. The minimum Gasteiger partial charge on any atom is -0.310 e. The van der Waals surface area contributed by atoms with Crippen LogP contribution in [0, 0.1) is 12.8 Å². The van der Waals surface area contributed by atoms with Crippen LogP contribution in [-0.4, -0.2) is 64.8 Å². The first-order valence-corrected chi connectivity index (χ1v) is 8.97. The maximum Gasteiger partial charge on any atom is 0.239 e. The fourth-order valence-electron chi connectivity index (χ4n) is 3.13. The molecule has 0 unspecified atom stereocenters. The number of anilines is 1. The summed E-state index contributed by atoms with van der Waals surface area (Å²) in [5.74, 6) is 1.52. The number of carbonyl (C=O) groups excluding carboxylic acids is 1. The van der Waals surface area contributed by atoms with Gasteiger partial charge in [-0.3, -0.25) is 9.69 Å². The Morgan fingerprint density at radius 3 is 2.33 bits per heavy atom. The highest BCUT2D eigenvalue weighted by molar-refractivity contribution is 5.91. The van der Waals surface area contributed by atoms with Gasteiger partial charge in [0.2, 0.25) is 5.91 Å².